The average Bonchev–Trinajstić information content (AvgIpc) is 2.88. The highest BCUT2D eigenvalue weighted by Crippen LogP contribution is 2.28. The molecule has 1 saturated carbocycles. The van der Waals surface area contributed by atoms with E-state index < -0.39 is 10.8 Å². The predicted molar refractivity (Wildman–Crippen MR) is 81.4 cm³/mol. The minimum absolute atomic E-state index is 0.509. The number of nitrogens with one attached hydrogen (secondary N) is 1. The number of unbranched alkanes of at least 4 members (excludes halogenated alkanes) is 2. The summed E-state index contributed by atoms with van der Waals surface area (Å²) in [4.78, 5) is 0. The molecule has 0 saturated heterocycles. The summed E-state index contributed by atoms with van der Waals surface area (Å²) < 4.78 is 12.1. The molecule has 1 N–H and O–H groups in total. The number of rotatable bonds is 10. The molecule has 2 nitrogen and oxygen atoms in total. The van der Waals surface area contributed by atoms with Crippen LogP contribution < -0.4 is 5.32 Å². The van der Waals surface area contributed by atoms with E-state index >= 15 is 0 Å². The quantitative estimate of drug-likeness (QED) is 0.617. The molecule has 0 radical (unpaired) electrons. The SMILES string of the molecule is CCCCCS(=O)CC(NCCC)C1CCCC1. The minimum atomic E-state index is -0.614. The van der Waals surface area contributed by atoms with Crippen molar-refractivity contribution < 1.29 is 4.21 Å². The van der Waals surface area contributed by atoms with E-state index in [0.29, 0.717) is 6.04 Å². The van der Waals surface area contributed by atoms with E-state index in [1.165, 1.54) is 44.9 Å². The van der Waals surface area contributed by atoms with Crippen LogP contribution >= 0.6 is 0 Å². The van der Waals surface area contributed by atoms with Crippen molar-refractivity contribution in [3.8, 4) is 0 Å². The molecule has 0 amide bonds. The zero-order chi connectivity index (χ0) is 13.2. The van der Waals surface area contributed by atoms with Crippen molar-refractivity contribution in [2.24, 2.45) is 5.92 Å². The maximum absolute atomic E-state index is 12.1. The summed E-state index contributed by atoms with van der Waals surface area (Å²) in [6.07, 6.45) is 10.2. The molecule has 1 fully saturated rings. The van der Waals surface area contributed by atoms with Crippen LogP contribution in [-0.4, -0.2) is 28.3 Å². The summed E-state index contributed by atoms with van der Waals surface area (Å²) in [5.41, 5.74) is 0. The van der Waals surface area contributed by atoms with Crippen molar-refractivity contribution in [1.82, 2.24) is 5.32 Å². The molecule has 1 rings (SSSR count). The Morgan fingerprint density at radius 3 is 2.50 bits per heavy atom. The first-order valence-electron chi connectivity index (χ1n) is 7.86. The summed E-state index contributed by atoms with van der Waals surface area (Å²) in [7, 11) is -0.614. The van der Waals surface area contributed by atoms with Gasteiger partial charge in [0.25, 0.3) is 0 Å². The van der Waals surface area contributed by atoms with Crippen LogP contribution in [0.1, 0.15) is 65.2 Å². The van der Waals surface area contributed by atoms with Crippen LogP contribution in [0, 0.1) is 5.92 Å². The van der Waals surface area contributed by atoms with E-state index in [9.17, 15) is 4.21 Å². The lowest BCUT2D eigenvalue weighted by Gasteiger charge is -2.24. The summed E-state index contributed by atoms with van der Waals surface area (Å²) in [6.45, 7) is 5.48. The zero-order valence-electron chi connectivity index (χ0n) is 12.2. The Balaban J connectivity index is 2.31. The lowest BCUT2D eigenvalue weighted by atomic mass is 10.00. The highest BCUT2D eigenvalue weighted by molar-refractivity contribution is 7.85. The molecule has 0 aliphatic heterocycles. The molecule has 0 spiro atoms. The zero-order valence-corrected chi connectivity index (χ0v) is 13.1. The summed E-state index contributed by atoms with van der Waals surface area (Å²) in [5, 5.41) is 3.64. The first-order chi connectivity index (χ1) is 8.77. The third-order valence-electron chi connectivity index (χ3n) is 3.97. The molecule has 1 aliphatic carbocycles. The largest absolute Gasteiger partial charge is 0.313 e. The molecule has 18 heavy (non-hydrogen) atoms. The van der Waals surface area contributed by atoms with Gasteiger partial charge in [0.1, 0.15) is 0 Å². The molecule has 0 aromatic heterocycles. The molecular formula is C15H31NOS. The summed E-state index contributed by atoms with van der Waals surface area (Å²) in [5.74, 6) is 2.57. The fourth-order valence-electron chi connectivity index (χ4n) is 2.85. The second kappa shape index (κ2) is 9.96. The van der Waals surface area contributed by atoms with Crippen molar-refractivity contribution >= 4 is 10.8 Å². The lowest BCUT2D eigenvalue weighted by Crippen LogP contribution is -2.40. The van der Waals surface area contributed by atoms with Crippen LogP contribution in [-0.2, 0) is 10.8 Å². The van der Waals surface area contributed by atoms with Crippen LogP contribution in [0.2, 0.25) is 0 Å². The van der Waals surface area contributed by atoms with Gasteiger partial charge in [0.15, 0.2) is 0 Å². The van der Waals surface area contributed by atoms with E-state index in [4.69, 9.17) is 0 Å². The highest BCUT2D eigenvalue weighted by atomic mass is 32.2. The van der Waals surface area contributed by atoms with Crippen molar-refractivity contribution in [3.05, 3.63) is 0 Å². The maximum atomic E-state index is 12.1. The Morgan fingerprint density at radius 2 is 1.89 bits per heavy atom. The fraction of sp³-hybridized carbons (Fsp3) is 1.00. The maximum Gasteiger partial charge on any atom is 0.0391 e. The normalized spacial score (nSPS) is 20.1. The van der Waals surface area contributed by atoms with Crippen molar-refractivity contribution in [3.63, 3.8) is 0 Å². The van der Waals surface area contributed by atoms with Crippen molar-refractivity contribution in [1.29, 1.82) is 0 Å². The van der Waals surface area contributed by atoms with Gasteiger partial charge in [-0.15, -0.1) is 0 Å². The first kappa shape index (κ1) is 16.2. The molecular weight excluding hydrogens is 242 g/mol. The molecule has 0 heterocycles. The Morgan fingerprint density at radius 1 is 1.17 bits per heavy atom. The Kier molecular flexibility index (Phi) is 8.95. The van der Waals surface area contributed by atoms with Crippen molar-refractivity contribution in [2.75, 3.05) is 18.1 Å². The third kappa shape index (κ3) is 6.33. The Labute approximate surface area is 116 Å². The van der Waals surface area contributed by atoms with E-state index in [-0.39, 0.29) is 0 Å². The van der Waals surface area contributed by atoms with Crippen LogP contribution in [0.25, 0.3) is 0 Å². The van der Waals surface area contributed by atoms with Gasteiger partial charge in [0, 0.05) is 28.3 Å². The van der Waals surface area contributed by atoms with Crippen LogP contribution in [0.5, 0.6) is 0 Å². The minimum Gasteiger partial charge on any atom is -0.313 e. The van der Waals surface area contributed by atoms with Crippen molar-refractivity contribution in [2.45, 2.75) is 71.3 Å². The summed E-state index contributed by atoms with van der Waals surface area (Å²) in [6, 6.07) is 0.509. The molecule has 0 bridgehead atoms. The molecule has 2 unspecified atom stereocenters. The van der Waals surface area contributed by atoms with Gasteiger partial charge >= 0.3 is 0 Å². The molecule has 3 heteroatoms. The molecule has 0 aromatic rings. The average molecular weight is 273 g/mol. The lowest BCUT2D eigenvalue weighted by molar-refractivity contribution is 0.385. The van der Waals surface area contributed by atoms with Gasteiger partial charge in [-0.05, 0) is 38.1 Å². The number of hydrogen-bond acceptors (Lipinski definition) is 2. The smallest absolute Gasteiger partial charge is 0.0391 e. The highest BCUT2D eigenvalue weighted by Gasteiger charge is 2.25. The third-order valence-corrected chi connectivity index (χ3v) is 5.44. The Bertz CT molecular complexity index is 227. The molecule has 2 atom stereocenters. The standard InChI is InChI=1S/C15H31NOS/c1-3-5-8-12-18(17)13-15(16-11-4-2)14-9-6-7-10-14/h14-16H,3-13H2,1-2H3. The topological polar surface area (TPSA) is 29.1 Å². The fourth-order valence-corrected chi connectivity index (χ4v) is 4.33. The molecule has 1 aliphatic rings. The monoisotopic (exact) mass is 273 g/mol. The number of hydrogen-bond donors (Lipinski definition) is 1. The predicted octanol–water partition coefficient (Wildman–Crippen LogP) is 3.48. The van der Waals surface area contributed by atoms with Gasteiger partial charge in [0.2, 0.25) is 0 Å². The van der Waals surface area contributed by atoms with Gasteiger partial charge in [0.05, 0.1) is 0 Å². The summed E-state index contributed by atoms with van der Waals surface area (Å²) >= 11 is 0. The van der Waals surface area contributed by atoms with Gasteiger partial charge in [-0.25, -0.2) is 0 Å². The van der Waals surface area contributed by atoms with Gasteiger partial charge < -0.3 is 5.32 Å². The first-order valence-corrected chi connectivity index (χ1v) is 9.35. The van der Waals surface area contributed by atoms with E-state index in [1.807, 2.05) is 0 Å². The van der Waals surface area contributed by atoms with E-state index in [0.717, 1.165) is 30.4 Å². The van der Waals surface area contributed by atoms with E-state index in [1.54, 1.807) is 0 Å². The van der Waals surface area contributed by atoms with Crippen LogP contribution in [0.3, 0.4) is 0 Å². The Hall–Kier alpha value is 0.110. The van der Waals surface area contributed by atoms with E-state index in [2.05, 4.69) is 19.2 Å². The second-order valence-corrected chi connectivity index (χ2v) is 7.24. The van der Waals surface area contributed by atoms with Crippen LogP contribution in [0.4, 0.5) is 0 Å². The molecule has 108 valence electrons. The molecule has 0 aromatic carbocycles. The van der Waals surface area contributed by atoms with Gasteiger partial charge in [-0.3, -0.25) is 4.21 Å². The van der Waals surface area contributed by atoms with Crippen LogP contribution in [0.15, 0.2) is 0 Å². The van der Waals surface area contributed by atoms with Gasteiger partial charge in [-0.1, -0.05) is 39.5 Å². The second-order valence-electron chi connectivity index (χ2n) is 5.62. The van der Waals surface area contributed by atoms with Gasteiger partial charge in [-0.2, -0.15) is 0 Å².